The molecule has 8 nitrogen and oxygen atoms in total. The van der Waals surface area contributed by atoms with Crippen LogP contribution < -0.4 is 0 Å². The molecule has 0 radical (unpaired) electrons. The van der Waals surface area contributed by atoms with Crippen molar-refractivity contribution in [1.82, 2.24) is 25.1 Å². The first-order valence-electron chi connectivity index (χ1n) is 8.69. The maximum Gasteiger partial charge on any atom is 0.269 e. The van der Waals surface area contributed by atoms with Crippen LogP contribution in [0, 0.1) is 0 Å². The van der Waals surface area contributed by atoms with Gasteiger partial charge in [-0.3, -0.25) is 4.68 Å². The maximum absolute atomic E-state index is 6.01. The molecule has 1 saturated carbocycles. The van der Waals surface area contributed by atoms with Gasteiger partial charge in [0.2, 0.25) is 5.89 Å². The lowest BCUT2D eigenvalue weighted by atomic mass is 9.92. The highest BCUT2D eigenvalue weighted by molar-refractivity contribution is 5.46. The second-order valence-corrected chi connectivity index (χ2v) is 6.75. The van der Waals surface area contributed by atoms with E-state index in [1.54, 1.807) is 6.20 Å². The Morgan fingerprint density at radius 1 is 1.20 bits per heavy atom. The van der Waals surface area contributed by atoms with Crippen LogP contribution >= 0.6 is 0 Å². The third kappa shape index (κ3) is 2.66. The molecule has 1 aliphatic carbocycles. The van der Waals surface area contributed by atoms with E-state index < -0.39 is 0 Å². The number of aryl methyl sites for hydroxylation is 1. The highest BCUT2D eigenvalue weighted by Gasteiger charge is 2.35. The first-order chi connectivity index (χ1) is 12.3. The van der Waals surface area contributed by atoms with Crippen molar-refractivity contribution < 1.29 is 13.7 Å². The smallest absolute Gasteiger partial charge is 0.269 e. The van der Waals surface area contributed by atoms with E-state index in [0.717, 1.165) is 43.7 Å². The highest BCUT2D eigenvalue weighted by Crippen LogP contribution is 2.42. The molecule has 1 saturated heterocycles. The highest BCUT2D eigenvalue weighted by atomic mass is 16.5. The Kier molecular flexibility index (Phi) is 3.44. The summed E-state index contributed by atoms with van der Waals surface area (Å²) < 4.78 is 19.2. The normalized spacial score (nSPS) is 23.9. The SMILES string of the molecule is Cn1nccc1[C@@H]1OCCC[C@H]1c1nnc(-c2cc(C3CC3)on2)o1. The summed E-state index contributed by atoms with van der Waals surface area (Å²) in [4.78, 5) is 0. The summed E-state index contributed by atoms with van der Waals surface area (Å²) in [6, 6.07) is 3.88. The number of hydrogen-bond acceptors (Lipinski definition) is 7. The molecule has 2 atom stereocenters. The fraction of sp³-hybridized carbons (Fsp3) is 0.529. The zero-order valence-electron chi connectivity index (χ0n) is 14.0. The molecule has 2 aliphatic rings. The molecule has 0 bridgehead atoms. The van der Waals surface area contributed by atoms with E-state index in [2.05, 4.69) is 20.5 Å². The molecule has 8 heteroatoms. The number of hydrogen-bond donors (Lipinski definition) is 0. The summed E-state index contributed by atoms with van der Waals surface area (Å²) >= 11 is 0. The molecule has 3 aromatic heterocycles. The fourth-order valence-electron chi connectivity index (χ4n) is 3.43. The van der Waals surface area contributed by atoms with Crippen molar-refractivity contribution in [2.45, 2.75) is 43.6 Å². The lowest BCUT2D eigenvalue weighted by molar-refractivity contribution is -0.0135. The lowest BCUT2D eigenvalue weighted by Crippen LogP contribution is -2.23. The van der Waals surface area contributed by atoms with E-state index in [-0.39, 0.29) is 12.0 Å². The van der Waals surface area contributed by atoms with Crippen molar-refractivity contribution in [2.24, 2.45) is 7.05 Å². The summed E-state index contributed by atoms with van der Waals surface area (Å²) in [5, 5.41) is 16.8. The molecule has 0 amide bonds. The summed E-state index contributed by atoms with van der Waals surface area (Å²) in [6.07, 6.45) is 5.87. The number of nitrogens with zero attached hydrogens (tertiary/aromatic N) is 5. The molecular weight excluding hydrogens is 322 g/mol. The summed E-state index contributed by atoms with van der Waals surface area (Å²) in [5.41, 5.74) is 1.62. The Bertz CT molecular complexity index is 878. The molecule has 0 aromatic carbocycles. The van der Waals surface area contributed by atoms with Crippen molar-refractivity contribution in [3.63, 3.8) is 0 Å². The molecular formula is C17H19N5O3. The van der Waals surface area contributed by atoms with E-state index >= 15 is 0 Å². The van der Waals surface area contributed by atoms with E-state index in [9.17, 15) is 0 Å². The maximum atomic E-state index is 6.01. The van der Waals surface area contributed by atoms with Gasteiger partial charge in [-0.25, -0.2) is 0 Å². The zero-order chi connectivity index (χ0) is 16.8. The average molecular weight is 341 g/mol. The quantitative estimate of drug-likeness (QED) is 0.720. The number of aromatic nitrogens is 5. The topological polar surface area (TPSA) is 92.0 Å². The average Bonchev–Trinajstić information content (AvgIpc) is 3.04. The Labute approximate surface area is 144 Å². The van der Waals surface area contributed by atoms with E-state index in [0.29, 0.717) is 23.4 Å². The Balaban J connectivity index is 1.43. The standard InChI is InChI=1S/C17H19N5O3/c1-22-13(6-7-18-22)15-11(3-2-8-23-15)16-19-20-17(24-16)12-9-14(25-21-12)10-4-5-10/h6-7,9-11,15H,2-5,8H2,1H3/t11-,15-/m1/s1. The lowest BCUT2D eigenvalue weighted by Gasteiger charge is -2.29. The van der Waals surface area contributed by atoms with Gasteiger partial charge in [-0.05, 0) is 31.7 Å². The summed E-state index contributed by atoms with van der Waals surface area (Å²) in [6.45, 7) is 0.724. The fourth-order valence-corrected chi connectivity index (χ4v) is 3.43. The molecule has 0 N–H and O–H groups in total. The third-order valence-corrected chi connectivity index (χ3v) is 4.96. The van der Waals surface area contributed by atoms with Gasteiger partial charge in [-0.1, -0.05) is 5.16 Å². The third-order valence-electron chi connectivity index (χ3n) is 4.96. The molecule has 0 unspecified atom stereocenters. The van der Waals surface area contributed by atoms with Crippen LogP contribution in [0.25, 0.3) is 11.6 Å². The predicted molar refractivity (Wildman–Crippen MR) is 85.6 cm³/mol. The van der Waals surface area contributed by atoms with Crippen LogP contribution in [0.15, 0.2) is 27.3 Å². The van der Waals surface area contributed by atoms with Crippen LogP contribution in [0.1, 0.15) is 61.0 Å². The molecule has 3 aromatic rings. The first kappa shape index (κ1) is 14.8. The van der Waals surface area contributed by atoms with Gasteiger partial charge >= 0.3 is 0 Å². The van der Waals surface area contributed by atoms with Crippen molar-refractivity contribution >= 4 is 0 Å². The van der Waals surface area contributed by atoms with E-state index in [1.807, 2.05) is 23.9 Å². The van der Waals surface area contributed by atoms with Crippen molar-refractivity contribution in [2.75, 3.05) is 6.61 Å². The monoisotopic (exact) mass is 341 g/mol. The Morgan fingerprint density at radius 2 is 2.12 bits per heavy atom. The van der Waals surface area contributed by atoms with Crippen molar-refractivity contribution in [1.29, 1.82) is 0 Å². The minimum atomic E-state index is -0.131. The van der Waals surface area contributed by atoms with Gasteiger partial charge in [0, 0.05) is 31.8 Å². The van der Waals surface area contributed by atoms with Gasteiger partial charge in [-0.2, -0.15) is 5.10 Å². The van der Waals surface area contributed by atoms with Crippen LogP contribution in [-0.4, -0.2) is 31.7 Å². The van der Waals surface area contributed by atoms with Crippen LogP contribution in [-0.2, 0) is 11.8 Å². The number of rotatable bonds is 4. The summed E-state index contributed by atoms with van der Waals surface area (Å²) in [5.74, 6) is 2.41. The van der Waals surface area contributed by atoms with Gasteiger partial charge < -0.3 is 13.7 Å². The van der Waals surface area contributed by atoms with Gasteiger partial charge in [0.1, 0.15) is 11.9 Å². The minimum absolute atomic E-state index is 0.0141. The Hall–Kier alpha value is -2.48. The Morgan fingerprint density at radius 3 is 2.92 bits per heavy atom. The largest absolute Gasteiger partial charge is 0.419 e. The van der Waals surface area contributed by atoms with Crippen LogP contribution in [0.3, 0.4) is 0 Å². The van der Waals surface area contributed by atoms with E-state index in [1.165, 1.54) is 0 Å². The minimum Gasteiger partial charge on any atom is -0.419 e. The molecule has 2 fully saturated rings. The molecule has 0 spiro atoms. The van der Waals surface area contributed by atoms with Gasteiger partial charge in [0.25, 0.3) is 5.89 Å². The van der Waals surface area contributed by atoms with Crippen molar-refractivity contribution in [3.05, 3.63) is 35.7 Å². The second-order valence-electron chi connectivity index (χ2n) is 6.75. The molecule has 4 heterocycles. The summed E-state index contributed by atoms with van der Waals surface area (Å²) in [7, 11) is 1.92. The first-order valence-corrected chi connectivity index (χ1v) is 8.69. The van der Waals surface area contributed by atoms with Crippen LogP contribution in [0.4, 0.5) is 0 Å². The second kappa shape index (κ2) is 5.80. The van der Waals surface area contributed by atoms with Crippen LogP contribution in [0.2, 0.25) is 0 Å². The van der Waals surface area contributed by atoms with Gasteiger partial charge in [0.15, 0.2) is 5.69 Å². The predicted octanol–water partition coefficient (Wildman–Crippen LogP) is 2.97. The van der Waals surface area contributed by atoms with Gasteiger partial charge in [-0.15, -0.1) is 10.2 Å². The molecule has 1 aliphatic heterocycles. The molecule has 130 valence electrons. The molecule has 25 heavy (non-hydrogen) atoms. The van der Waals surface area contributed by atoms with Crippen LogP contribution in [0.5, 0.6) is 0 Å². The zero-order valence-corrected chi connectivity index (χ0v) is 14.0. The molecule has 5 rings (SSSR count). The van der Waals surface area contributed by atoms with Gasteiger partial charge in [0.05, 0.1) is 11.6 Å². The van der Waals surface area contributed by atoms with E-state index in [4.69, 9.17) is 13.7 Å². The van der Waals surface area contributed by atoms with Crippen molar-refractivity contribution in [3.8, 4) is 11.6 Å². The number of ether oxygens (including phenoxy) is 1.